The van der Waals surface area contributed by atoms with Crippen LogP contribution in [0.2, 0.25) is 0 Å². The molecule has 9 heteroatoms. The molecule has 1 saturated heterocycles. The molecule has 0 saturated carbocycles. The van der Waals surface area contributed by atoms with E-state index in [1.807, 2.05) is 46.7 Å². The maximum atomic E-state index is 13.3. The Balaban J connectivity index is 1.41. The lowest BCUT2D eigenvalue weighted by molar-refractivity contribution is -0.133. The molecule has 2 amide bonds. The first-order valence-corrected chi connectivity index (χ1v) is 11.6. The number of hydrogen-bond acceptors (Lipinski definition) is 7. The number of hydrogen-bond donors (Lipinski definition) is 1. The average molecular weight is 457 g/mol. The summed E-state index contributed by atoms with van der Waals surface area (Å²) in [6, 6.07) is 11.4. The zero-order chi connectivity index (χ0) is 22.7. The predicted molar refractivity (Wildman–Crippen MR) is 124 cm³/mol. The molecule has 0 spiro atoms. The van der Waals surface area contributed by atoms with Gasteiger partial charge in [-0.2, -0.15) is 4.98 Å². The largest absolute Gasteiger partial charge is 0.444 e. The normalized spacial score (nSPS) is 15.6. The van der Waals surface area contributed by atoms with Crippen LogP contribution in [0.4, 0.5) is 10.8 Å². The third kappa shape index (κ3) is 5.40. The van der Waals surface area contributed by atoms with E-state index in [9.17, 15) is 9.59 Å². The quantitative estimate of drug-likeness (QED) is 0.630. The highest BCUT2D eigenvalue weighted by molar-refractivity contribution is 7.09. The third-order valence-corrected chi connectivity index (χ3v) is 6.02. The first-order valence-electron chi connectivity index (χ1n) is 10.7. The Kier molecular flexibility index (Phi) is 6.36. The van der Waals surface area contributed by atoms with E-state index in [2.05, 4.69) is 10.3 Å². The van der Waals surface area contributed by atoms with E-state index in [1.54, 1.807) is 37.0 Å². The van der Waals surface area contributed by atoms with Crippen LogP contribution in [0, 0.1) is 0 Å². The number of fused-ring (bicyclic) bond motifs is 1. The first kappa shape index (κ1) is 22.1. The standard InChI is InChI=1S/C23H28N4O4S/c1-23(2,3)31-22(29)25-18(15-16-7-6-14-32-16)20(28)26-10-12-27(13-11-26)21-24-17-8-4-5-9-19(17)30-21/h4-9,14,18H,10-13,15H2,1-3H3,(H,25,29)/t18-/m0/s1. The van der Waals surface area contributed by atoms with Crippen molar-refractivity contribution < 1.29 is 18.7 Å². The van der Waals surface area contributed by atoms with Crippen LogP contribution in [0.3, 0.4) is 0 Å². The average Bonchev–Trinajstić information content (AvgIpc) is 3.41. The fraction of sp³-hybridized carbons (Fsp3) is 0.435. The number of rotatable bonds is 5. The van der Waals surface area contributed by atoms with Gasteiger partial charge in [-0.25, -0.2) is 4.79 Å². The highest BCUT2D eigenvalue weighted by Gasteiger charge is 2.31. The molecule has 170 valence electrons. The molecule has 4 rings (SSSR count). The molecule has 1 aromatic carbocycles. The minimum absolute atomic E-state index is 0.110. The Morgan fingerprint density at radius 1 is 1.16 bits per heavy atom. The minimum atomic E-state index is -0.681. The lowest BCUT2D eigenvalue weighted by Crippen LogP contribution is -2.56. The number of benzene rings is 1. The summed E-state index contributed by atoms with van der Waals surface area (Å²) in [4.78, 5) is 35.1. The second-order valence-electron chi connectivity index (χ2n) is 8.76. The van der Waals surface area contributed by atoms with Gasteiger partial charge in [-0.15, -0.1) is 11.3 Å². The van der Waals surface area contributed by atoms with Crippen LogP contribution in [0.25, 0.3) is 11.1 Å². The van der Waals surface area contributed by atoms with Crippen LogP contribution in [-0.4, -0.2) is 59.7 Å². The number of alkyl carbamates (subject to hydrolysis) is 1. The summed E-state index contributed by atoms with van der Waals surface area (Å²) in [7, 11) is 0. The summed E-state index contributed by atoms with van der Waals surface area (Å²) in [6.07, 6.45) is -0.154. The van der Waals surface area contributed by atoms with Crippen LogP contribution in [0.1, 0.15) is 25.6 Å². The van der Waals surface area contributed by atoms with Crippen LogP contribution in [0.15, 0.2) is 46.2 Å². The molecule has 2 aromatic heterocycles. The second-order valence-corrected chi connectivity index (χ2v) is 9.79. The van der Waals surface area contributed by atoms with Gasteiger partial charge >= 0.3 is 6.09 Å². The molecule has 1 N–H and O–H groups in total. The van der Waals surface area contributed by atoms with E-state index < -0.39 is 17.7 Å². The summed E-state index contributed by atoms with van der Waals surface area (Å²) < 4.78 is 11.2. The van der Waals surface area contributed by atoms with E-state index in [0.717, 1.165) is 16.0 Å². The molecular weight excluding hydrogens is 428 g/mol. The van der Waals surface area contributed by atoms with Gasteiger partial charge in [-0.3, -0.25) is 4.79 Å². The van der Waals surface area contributed by atoms with Crippen molar-refractivity contribution in [1.82, 2.24) is 15.2 Å². The number of carbonyl (C=O) groups excluding carboxylic acids is 2. The van der Waals surface area contributed by atoms with E-state index in [-0.39, 0.29) is 5.91 Å². The lowest BCUT2D eigenvalue weighted by atomic mass is 10.1. The number of ether oxygens (including phenoxy) is 1. The van der Waals surface area contributed by atoms with Crippen LogP contribution < -0.4 is 10.2 Å². The highest BCUT2D eigenvalue weighted by Crippen LogP contribution is 2.23. The molecule has 0 unspecified atom stereocenters. The molecule has 1 aliphatic heterocycles. The lowest BCUT2D eigenvalue weighted by Gasteiger charge is -2.35. The Morgan fingerprint density at radius 3 is 2.56 bits per heavy atom. The van der Waals surface area contributed by atoms with Crippen molar-refractivity contribution in [3.8, 4) is 0 Å². The maximum absolute atomic E-state index is 13.3. The Labute approximate surface area is 191 Å². The Morgan fingerprint density at radius 2 is 1.91 bits per heavy atom. The number of piperazine rings is 1. The number of amides is 2. The van der Waals surface area contributed by atoms with Gasteiger partial charge in [0.1, 0.15) is 17.2 Å². The molecule has 32 heavy (non-hydrogen) atoms. The number of aromatic nitrogens is 1. The van der Waals surface area contributed by atoms with Crippen LogP contribution >= 0.6 is 11.3 Å². The smallest absolute Gasteiger partial charge is 0.408 e. The zero-order valence-corrected chi connectivity index (χ0v) is 19.4. The Hall–Kier alpha value is -3.07. The van der Waals surface area contributed by atoms with Gasteiger partial charge in [-0.1, -0.05) is 18.2 Å². The van der Waals surface area contributed by atoms with Gasteiger partial charge in [0.15, 0.2) is 5.58 Å². The highest BCUT2D eigenvalue weighted by atomic mass is 32.1. The molecule has 3 aromatic rings. The van der Waals surface area contributed by atoms with Gasteiger partial charge in [0.2, 0.25) is 5.91 Å². The minimum Gasteiger partial charge on any atom is -0.444 e. The number of nitrogens with zero attached hydrogens (tertiary/aromatic N) is 3. The van der Waals surface area contributed by atoms with E-state index >= 15 is 0 Å². The van der Waals surface area contributed by atoms with Crippen LogP contribution in [-0.2, 0) is 16.0 Å². The molecule has 8 nitrogen and oxygen atoms in total. The van der Waals surface area contributed by atoms with Gasteiger partial charge in [0.25, 0.3) is 6.01 Å². The molecular formula is C23H28N4O4S. The second kappa shape index (κ2) is 9.20. The topological polar surface area (TPSA) is 87.9 Å². The van der Waals surface area contributed by atoms with E-state index in [0.29, 0.717) is 38.6 Å². The maximum Gasteiger partial charge on any atom is 0.408 e. The van der Waals surface area contributed by atoms with Crippen molar-refractivity contribution >= 4 is 40.5 Å². The third-order valence-electron chi connectivity index (χ3n) is 5.12. The number of para-hydroxylation sites is 2. The van der Waals surface area contributed by atoms with Crippen LogP contribution in [0.5, 0.6) is 0 Å². The van der Waals surface area contributed by atoms with E-state index in [4.69, 9.17) is 9.15 Å². The fourth-order valence-electron chi connectivity index (χ4n) is 3.61. The summed E-state index contributed by atoms with van der Waals surface area (Å²) in [5, 5.41) is 4.74. The number of nitrogens with one attached hydrogen (secondary N) is 1. The van der Waals surface area contributed by atoms with Crippen molar-refractivity contribution in [1.29, 1.82) is 0 Å². The summed E-state index contributed by atoms with van der Waals surface area (Å²) >= 11 is 1.56. The number of carbonyl (C=O) groups is 2. The monoisotopic (exact) mass is 456 g/mol. The van der Waals surface area contributed by atoms with Crippen molar-refractivity contribution in [3.63, 3.8) is 0 Å². The molecule has 1 aliphatic rings. The molecule has 3 heterocycles. The SMILES string of the molecule is CC(C)(C)OC(=O)N[C@@H](Cc1cccs1)C(=O)N1CCN(c2nc3ccccc3o2)CC1. The Bertz CT molecular complexity index is 1030. The molecule has 0 radical (unpaired) electrons. The molecule has 1 fully saturated rings. The van der Waals surface area contributed by atoms with Crippen molar-refractivity contribution in [3.05, 3.63) is 46.7 Å². The fourth-order valence-corrected chi connectivity index (χ4v) is 4.37. The molecule has 0 bridgehead atoms. The summed E-state index contributed by atoms with van der Waals surface area (Å²) in [6.45, 7) is 7.66. The van der Waals surface area contributed by atoms with Gasteiger partial charge < -0.3 is 24.3 Å². The van der Waals surface area contributed by atoms with Crippen molar-refractivity contribution in [2.45, 2.75) is 38.8 Å². The van der Waals surface area contributed by atoms with E-state index in [1.165, 1.54) is 0 Å². The predicted octanol–water partition coefficient (Wildman–Crippen LogP) is 3.67. The van der Waals surface area contributed by atoms with Crippen molar-refractivity contribution in [2.75, 3.05) is 31.1 Å². The van der Waals surface area contributed by atoms with Gasteiger partial charge in [-0.05, 0) is 44.4 Å². The van der Waals surface area contributed by atoms with Crippen molar-refractivity contribution in [2.24, 2.45) is 0 Å². The summed E-state index contributed by atoms with van der Waals surface area (Å²) in [5.41, 5.74) is 0.934. The zero-order valence-electron chi connectivity index (χ0n) is 18.5. The molecule has 0 aliphatic carbocycles. The van der Waals surface area contributed by atoms with Gasteiger partial charge in [0.05, 0.1) is 0 Å². The number of oxazole rings is 1. The number of thiophene rings is 1. The molecule has 1 atom stereocenters. The first-order chi connectivity index (χ1) is 15.3. The number of anilines is 1. The van der Waals surface area contributed by atoms with Gasteiger partial charge in [0, 0.05) is 37.5 Å². The summed E-state index contributed by atoms with van der Waals surface area (Å²) in [5.74, 6) is -0.110.